The van der Waals surface area contributed by atoms with Crippen molar-refractivity contribution in [1.29, 1.82) is 0 Å². The fourth-order valence-corrected chi connectivity index (χ4v) is 5.03. The number of hydrogen-bond acceptors (Lipinski definition) is 5. The predicted octanol–water partition coefficient (Wildman–Crippen LogP) is 5.32. The first-order valence-corrected chi connectivity index (χ1v) is 12.4. The molecule has 0 saturated heterocycles. The van der Waals surface area contributed by atoms with Gasteiger partial charge in [-0.3, -0.25) is 9.48 Å². The number of aromatic nitrogens is 6. The van der Waals surface area contributed by atoms with Crippen LogP contribution in [0.1, 0.15) is 41.1 Å². The molecule has 0 radical (unpaired) electrons. The molecule has 0 fully saturated rings. The van der Waals surface area contributed by atoms with Crippen LogP contribution < -0.4 is 5.32 Å². The summed E-state index contributed by atoms with van der Waals surface area (Å²) in [6.07, 6.45) is 4.16. The van der Waals surface area contributed by atoms with Crippen molar-refractivity contribution in [3.8, 4) is 22.6 Å². The molecule has 0 atom stereocenters. The van der Waals surface area contributed by atoms with E-state index in [-0.39, 0.29) is 5.69 Å². The molecule has 6 rings (SSSR count). The molecule has 37 heavy (non-hydrogen) atoms. The second kappa shape index (κ2) is 9.24. The number of carbonyl (C=O) groups excluding carboxylic acids is 1. The number of nitrogens with one attached hydrogen (secondary N) is 1. The maximum Gasteiger partial charge on any atom is 0.256 e. The highest BCUT2D eigenvalue weighted by Gasteiger charge is 2.22. The lowest BCUT2D eigenvalue weighted by Gasteiger charge is -2.12. The number of pyridine rings is 1. The number of benzene rings is 2. The Kier molecular flexibility index (Phi) is 5.75. The van der Waals surface area contributed by atoms with Crippen LogP contribution in [0.15, 0.2) is 54.6 Å². The van der Waals surface area contributed by atoms with E-state index in [2.05, 4.69) is 25.2 Å². The van der Waals surface area contributed by atoms with Crippen LogP contribution >= 0.6 is 0 Å². The first-order chi connectivity index (χ1) is 18.0. The van der Waals surface area contributed by atoms with Gasteiger partial charge in [-0.2, -0.15) is 5.10 Å². The molecule has 0 aliphatic carbocycles. The molecule has 0 bridgehead atoms. The van der Waals surface area contributed by atoms with Crippen molar-refractivity contribution < 1.29 is 9.18 Å². The molecular weight excluding hydrogens is 469 g/mol. The third-order valence-corrected chi connectivity index (χ3v) is 6.87. The molecule has 3 aromatic heterocycles. The first-order valence-electron chi connectivity index (χ1n) is 12.4. The van der Waals surface area contributed by atoms with E-state index in [4.69, 9.17) is 4.98 Å². The molecule has 1 N–H and O–H groups in total. The summed E-state index contributed by atoms with van der Waals surface area (Å²) < 4.78 is 18.7. The quantitative estimate of drug-likeness (QED) is 0.364. The topological polar surface area (TPSA) is 90.5 Å². The minimum absolute atomic E-state index is 0.0845. The molecule has 1 aliphatic heterocycles. The van der Waals surface area contributed by atoms with Gasteiger partial charge in [0.05, 0.1) is 28.0 Å². The van der Waals surface area contributed by atoms with Crippen LogP contribution in [0.4, 0.5) is 10.1 Å². The van der Waals surface area contributed by atoms with Crippen molar-refractivity contribution >= 4 is 22.6 Å². The van der Waals surface area contributed by atoms with Crippen LogP contribution in [0.2, 0.25) is 0 Å². The molecule has 186 valence electrons. The highest BCUT2D eigenvalue weighted by atomic mass is 19.1. The van der Waals surface area contributed by atoms with E-state index in [1.165, 1.54) is 6.07 Å². The van der Waals surface area contributed by atoms with E-state index in [1.807, 2.05) is 37.3 Å². The van der Waals surface area contributed by atoms with Crippen LogP contribution in [0, 0.1) is 12.7 Å². The zero-order valence-electron chi connectivity index (χ0n) is 20.7. The summed E-state index contributed by atoms with van der Waals surface area (Å²) in [5.41, 5.74) is 3.95. The maximum absolute atomic E-state index is 14.9. The number of halogens is 1. The molecule has 0 spiro atoms. The Hall–Kier alpha value is -4.40. The van der Waals surface area contributed by atoms with Crippen molar-refractivity contribution in [2.75, 3.05) is 5.32 Å². The van der Waals surface area contributed by atoms with E-state index >= 15 is 0 Å². The number of amides is 1. The normalized spacial score (nSPS) is 13.4. The number of hydrogen-bond donors (Lipinski definition) is 1. The highest BCUT2D eigenvalue weighted by molar-refractivity contribution is 6.13. The lowest BCUT2D eigenvalue weighted by atomic mass is 10.0. The molecule has 0 unspecified atom stereocenters. The molecule has 5 aromatic rings. The van der Waals surface area contributed by atoms with Gasteiger partial charge in [-0.15, -0.1) is 10.2 Å². The Labute approximate surface area is 213 Å². The lowest BCUT2D eigenvalue weighted by molar-refractivity contribution is 0.102. The molecular formula is C28H26FN7O. The summed E-state index contributed by atoms with van der Waals surface area (Å²) in [7, 11) is 1.80. The Balaban J connectivity index is 1.40. The first kappa shape index (κ1) is 23.0. The van der Waals surface area contributed by atoms with E-state index in [0.29, 0.717) is 39.4 Å². The second-order valence-corrected chi connectivity index (χ2v) is 9.38. The zero-order chi connectivity index (χ0) is 25.5. The van der Waals surface area contributed by atoms with Gasteiger partial charge in [0.15, 0.2) is 11.5 Å². The number of anilines is 1. The van der Waals surface area contributed by atoms with Crippen molar-refractivity contribution in [3.05, 3.63) is 77.5 Å². The average molecular weight is 496 g/mol. The average Bonchev–Trinajstić information content (AvgIpc) is 3.34. The van der Waals surface area contributed by atoms with E-state index in [9.17, 15) is 9.18 Å². The Morgan fingerprint density at radius 1 is 1.00 bits per heavy atom. The summed E-state index contributed by atoms with van der Waals surface area (Å²) in [6.45, 7) is 2.66. The van der Waals surface area contributed by atoms with E-state index in [0.717, 1.165) is 43.6 Å². The van der Waals surface area contributed by atoms with E-state index in [1.54, 1.807) is 29.9 Å². The fourth-order valence-electron chi connectivity index (χ4n) is 5.03. The van der Waals surface area contributed by atoms with Gasteiger partial charge < -0.3 is 9.88 Å². The fraction of sp³-hybridized carbons (Fsp3) is 0.250. The summed E-state index contributed by atoms with van der Waals surface area (Å²) in [6, 6.07) is 16.0. The molecule has 0 saturated carbocycles. The van der Waals surface area contributed by atoms with Crippen LogP contribution in [-0.4, -0.2) is 35.4 Å². The molecule has 2 aromatic carbocycles. The summed E-state index contributed by atoms with van der Waals surface area (Å²) >= 11 is 0. The summed E-state index contributed by atoms with van der Waals surface area (Å²) in [5, 5.41) is 16.6. The van der Waals surface area contributed by atoms with Crippen molar-refractivity contribution in [2.24, 2.45) is 7.05 Å². The third-order valence-electron chi connectivity index (χ3n) is 6.87. The molecule has 9 heteroatoms. The Morgan fingerprint density at radius 3 is 2.68 bits per heavy atom. The summed E-state index contributed by atoms with van der Waals surface area (Å²) in [5.74, 6) is 0.677. The molecule has 1 aliphatic rings. The largest absolute Gasteiger partial charge is 0.319 e. The van der Waals surface area contributed by atoms with Gasteiger partial charge in [0, 0.05) is 31.1 Å². The monoisotopic (exact) mass is 495 g/mol. The predicted molar refractivity (Wildman–Crippen MR) is 140 cm³/mol. The highest BCUT2D eigenvalue weighted by Crippen LogP contribution is 2.30. The van der Waals surface area contributed by atoms with Crippen LogP contribution in [0.5, 0.6) is 0 Å². The van der Waals surface area contributed by atoms with Gasteiger partial charge in [-0.05, 0) is 44.0 Å². The number of aryl methyl sites for hydroxylation is 3. The molecule has 8 nitrogen and oxygen atoms in total. The van der Waals surface area contributed by atoms with E-state index < -0.39 is 11.7 Å². The van der Waals surface area contributed by atoms with Gasteiger partial charge >= 0.3 is 0 Å². The van der Waals surface area contributed by atoms with Gasteiger partial charge in [0.25, 0.3) is 5.91 Å². The van der Waals surface area contributed by atoms with Crippen molar-refractivity contribution in [3.63, 3.8) is 0 Å². The molecule has 1 amide bonds. The molecule has 4 heterocycles. The minimum Gasteiger partial charge on any atom is -0.319 e. The number of fused-ring (bicyclic) bond motifs is 2. The number of nitrogens with zero attached hydrogens (tertiary/aromatic N) is 6. The number of carbonyl (C=O) groups is 1. The van der Waals surface area contributed by atoms with Crippen LogP contribution in [0.3, 0.4) is 0 Å². The van der Waals surface area contributed by atoms with Gasteiger partial charge in [-0.25, -0.2) is 9.37 Å². The number of rotatable bonds is 4. The smallest absolute Gasteiger partial charge is 0.256 e. The SMILES string of the molecule is Cc1nn(C)c2nc(-c3ccccc3)cc(C(=O)Nc3cc(-c4nnc5n4CCCCC5)ccc3F)c12. The van der Waals surface area contributed by atoms with Crippen molar-refractivity contribution in [1.82, 2.24) is 29.5 Å². The second-order valence-electron chi connectivity index (χ2n) is 9.38. The minimum atomic E-state index is -0.524. The Bertz CT molecular complexity index is 1640. The van der Waals surface area contributed by atoms with Gasteiger partial charge in [0.1, 0.15) is 11.6 Å². The zero-order valence-corrected chi connectivity index (χ0v) is 20.7. The Morgan fingerprint density at radius 2 is 1.84 bits per heavy atom. The van der Waals surface area contributed by atoms with Crippen LogP contribution in [0.25, 0.3) is 33.7 Å². The van der Waals surface area contributed by atoms with Crippen molar-refractivity contribution in [2.45, 2.75) is 39.2 Å². The summed E-state index contributed by atoms with van der Waals surface area (Å²) in [4.78, 5) is 18.4. The third kappa shape index (κ3) is 4.16. The van der Waals surface area contributed by atoms with Crippen LogP contribution in [-0.2, 0) is 20.0 Å². The maximum atomic E-state index is 14.9. The lowest BCUT2D eigenvalue weighted by Crippen LogP contribution is -2.14. The van der Waals surface area contributed by atoms with Gasteiger partial charge in [-0.1, -0.05) is 36.8 Å². The van der Waals surface area contributed by atoms with Gasteiger partial charge in [0.2, 0.25) is 0 Å². The standard InChI is InChI=1S/C28H26FN7O/c1-17-25-20(16-22(18-9-5-3-6-10-18)30-27(25)35(2)34-17)28(37)31-23-15-19(12-13-21(23)29)26-33-32-24-11-7-4-8-14-36(24)26/h3,5-6,9-10,12-13,15-16H,4,7-8,11,14H2,1-2H3,(H,31,37).